The molecule has 0 radical (unpaired) electrons. The van der Waals surface area contributed by atoms with E-state index in [0.29, 0.717) is 0 Å². The van der Waals surface area contributed by atoms with Crippen molar-refractivity contribution >= 4 is 29.8 Å². The van der Waals surface area contributed by atoms with Crippen LogP contribution in [-0.2, 0) is 42.9 Å². The Labute approximate surface area is 155 Å². The predicted octanol–water partition coefficient (Wildman–Crippen LogP) is -0.840. The Morgan fingerprint density at radius 2 is 1.44 bits per heavy atom. The maximum absolute atomic E-state index is 11.6. The standard InChI is InChI=1S/C16H23NO10/c1-7(18)17-14-11(5-13(22)23)27-12(6-24-8(2)19)15(25-9(3)20)16(14)26-10(4)21/h11-12,14-16H,5-6H2,1-4H3,(H,17,18)(H,22,23)/t11-,12-,14+,15-,16-/m1/s1. The summed E-state index contributed by atoms with van der Waals surface area (Å²) in [4.78, 5) is 56.9. The minimum absolute atomic E-state index is 0.367. The number of hydrogen-bond acceptors (Lipinski definition) is 9. The highest BCUT2D eigenvalue weighted by atomic mass is 16.6. The monoisotopic (exact) mass is 389 g/mol. The number of carboxylic acids is 1. The van der Waals surface area contributed by atoms with Crippen molar-refractivity contribution in [2.45, 2.75) is 64.6 Å². The molecule has 0 aromatic rings. The third kappa shape index (κ3) is 7.21. The fourth-order valence-corrected chi connectivity index (χ4v) is 2.77. The van der Waals surface area contributed by atoms with E-state index in [2.05, 4.69) is 5.32 Å². The Balaban J connectivity index is 3.29. The van der Waals surface area contributed by atoms with Gasteiger partial charge in [0.15, 0.2) is 12.2 Å². The Hall–Kier alpha value is -2.69. The maximum Gasteiger partial charge on any atom is 0.306 e. The smallest absolute Gasteiger partial charge is 0.306 e. The molecule has 0 aromatic carbocycles. The predicted molar refractivity (Wildman–Crippen MR) is 86.3 cm³/mol. The van der Waals surface area contributed by atoms with Crippen molar-refractivity contribution in [1.82, 2.24) is 5.32 Å². The molecule has 0 aliphatic carbocycles. The van der Waals surface area contributed by atoms with Gasteiger partial charge in [0.1, 0.15) is 12.7 Å². The van der Waals surface area contributed by atoms with Crippen LogP contribution < -0.4 is 5.32 Å². The van der Waals surface area contributed by atoms with Gasteiger partial charge in [-0.05, 0) is 0 Å². The van der Waals surface area contributed by atoms with Gasteiger partial charge in [-0.3, -0.25) is 24.0 Å². The number of carbonyl (C=O) groups excluding carboxylic acids is 4. The normalized spacial score (nSPS) is 27.2. The van der Waals surface area contributed by atoms with Crippen molar-refractivity contribution in [2.75, 3.05) is 6.61 Å². The van der Waals surface area contributed by atoms with Gasteiger partial charge in [0.25, 0.3) is 0 Å². The lowest BCUT2D eigenvalue weighted by molar-refractivity contribution is -0.225. The Bertz CT molecular complexity index is 604. The molecule has 2 N–H and O–H groups in total. The largest absolute Gasteiger partial charge is 0.481 e. The summed E-state index contributed by atoms with van der Waals surface area (Å²) in [7, 11) is 0. The summed E-state index contributed by atoms with van der Waals surface area (Å²) in [6.07, 6.45) is -5.23. The highest BCUT2D eigenvalue weighted by Gasteiger charge is 2.51. The van der Waals surface area contributed by atoms with E-state index in [4.69, 9.17) is 24.1 Å². The Kier molecular flexibility index (Phi) is 8.16. The number of hydrogen-bond donors (Lipinski definition) is 2. The maximum atomic E-state index is 11.6. The number of amides is 1. The first-order valence-electron chi connectivity index (χ1n) is 8.13. The molecule has 27 heavy (non-hydrogen) atoms. The molecule has 5 atom stereocenters. The molecule has 1 fully saturated rings. The topological polar surface area (TPSA) is 155 Å². The molecule has 0 spiro atoms. The van der Waals surface area contributed by atoms with Crippen LogP contribution in [-0.4, -0.2) is 72.0 Å². The summed E-state index contributed by atoms with van der Waals surface area (Å²) in [5.74, 6) is -3.87. The van der Waals surface area contributed by atoms with Crippen molar-refractivity contribution in [3.05, 3.63) is 0 Å². The summed E-state index contributed by atoms with van der Waals surface area (Å²) in [6, 6.07) is -1.10. The SMILES string of the molecule is CC(=O)N[C@@H]1[C@@H](OC(C)=O)[C@H](OC(C)=O)[C@@H](COC(C)=O)O[C@@H]1CC(=O)O. The summed E-state index contributed by atoms with van der Waals surface area (Å²) in [6.45, 7) is 4.20. The fraction of sp³-hybridized carbons (Fsp3) is 0.688. The molecule has 0 bridgehead atoms. The average Bonchev–Trinajstić information content (AvgIpc) is 2.49. The van der Waals surface area contributed by atoms with Crippen LogP contribution in [0.5, 0.6) is 0 Å². The molecule has 0 aromatic heterocycles. The number of ether oxygens (including phenoxy) is 4. The van der Waals surface area contributed by atoms with Gasteiger partial charge in [-0.15, -0.1) is 0 Å². The van der Waals surface area contributed by atoms with Gasteiger partial charge in [0, 0.05) is 27.7 Å². The first-order valence-corrected chi connectivity index (χ1v) is 8.13. The van der Waals surface area contributed by atoms with E-state index in [-0.39, 0.29) is 6.61 Å². The van der Waals surface area contributed by atoms with Crippen LogP contribution in [0.3, 0.4) is 0 Å². The van der Waals surface area contributed by atoms with Gasteiger partial charge in [0.2, 0.25) is 5.91 Å². The molecule has 152 valence electrons. The second-order valence-corrected chi connectivity index (χ2v) is 5.99. The lowest BCUT2D eigenvalue weighted by Gasteiger charge is -2.45. The van der Waals surface area contributed by atoms with Crippen molar-refractivity contribution in [3.63, 3.8) is 0 Å². The van der Waals surface area contributed by atoms with Crippen molar-refractivity contribution < 1.29 is 48.0 Å². The third-order valence-electron chi connectivity index (χ3n) is 3.59. The summed E-state index contributed by atoms with van der Waals surface area (Å²) in [5.41, 5.74) is 0. The molecular weight excluding hydrogens is 366 g/mol. The highest BCUT2D eigenvalue weighted by molar-refractivity contribution is 5.74. The van der Waals surface area contributed by atoms with Crippen LogP contribution in [0.25, 0.3) is 0 Å². The number of aliphatic carboxylic acids is 1. The molecule has 1 aliphatic heterocycles. The van der Waals surface area contributed by atoms with E-state index in [1.54, 1.807) is 0 Å². The molecule has 0 unspecified atom stereocenters. The van der Waals surface area contributed by atoms with Gasteiger partial charge in [-0.2, -0.15) is 0 Å². The van der Waals surface area contributed by atoms with Gasteiger partial charge in [-0.25, -0.2) is 0 Å². The molecule has 11 heteroatoms. The second kappa shape index (κ2) is 9.86. The number of esters is 3. The van der Waals surface area contributed by atoms with E-state index in [9.17, 15) is 24.0 Å². The second-order valence-electron chi connectivity index (χ2n) is 5.99. The minimum atomic E-state index is -1.24. The lowest BCUT2D eigenvalue weighted by atomic mass is 9.90. The fourth-order valence-electron chi connectivity index (χ4n) is 2.77. The Morgan fingerprint density at radius 3 is 1.89 bits per heavy atom. The first-order chi connectivity index (χ1) is 12.5. The van der Waals surface area contributed by atoms with Crippen LogP contribution >= 0.6 is 0 Å². The van der Waals surface area contributed by atoms with Gasteiger partial charge in [-0.1, -0.05) is 0 Å². The van der Waals surface area contributed by atoms with E-state index in [1.165, 1.54) is 6.92 Å². The number of rotatable bonds is 7. The Morgan fingerprint density at radius 1 is 0.889 bits per heavy atom. The molecular formula is C16H23NO10. The van der Waals surface area contributed by atoms with Gasteiger partial charge < -0.3 is 29.4 Å². The molecule has 11 nitrogen and oxygen atoms in total. The lowest BCUT2D eigenvalue weighted by Crippen LogP contribution is -2.66. The van der Waals surface area contributed by atoms with Crippen molar-refractivity contribution in [3.8, 4) is 0 Å². The molecule has 1 aliphatic rings. The summed E-state index contributed by atoms with van der Waals surface area (Å²) < 4.78 is 20.9. The number of carbonyl (C=O) groups is 5. The highest BCUT2D eigenvalue weighted by Crippen LogP contribution is 2.28. The zero-order valence-corrected chi connectivity index (χ0v) is 15.4. The van der Waals surface area contributed by atoms with Crippen LogP contribution in [0.1, 0.15) is 34.1 Å². The quantitative estimate of drug-likeness (QED) is 0.416. The van der Waals surface area contributed by atoms with E-state index in [1.807, 2.05) is 0 Å². The molecule has 1 saturated heterocycles. The summed E-state index contributed by atoms with van der Waals surface area (Å²) >= 11 is 0. The average molecular weight is 389 g/mol. The van der Waals surface area contributed by atoms with Gasteiger partial charge in [0.05, 0.1) is 18.6 Å². The van der Waals surface area contributed by atoms with E-state index >= 15 is 0 Å². The molecule has 1 heterocycles. The summed E-state index contributed by atoms with van der Waals surface area (Å²) in [5, 5.41) is 11.6. The number of nitrogens with one attached hydrogen (secondary N) is 1. The molecule has 0 saturated carbocycles. The number of carboxylic acid groups (broad SMARTS) is 1. The third-order valence-corrected chi connectivity index (χ3v) is 3.59. The van der Waals surface area contributed by atoms with E-state index in [0.717, 1.165) is 20.8 Å². The van der Waals surface area contributed by atoms with Crippen molar-refractivity contribution in [2.24, 2.45) is 0 Å². The molecule has 1 rings (SSSR count). The van der Waals surface area contributed by atoms with Crippen LogP contribution in [0, 0.1) is 0 Å². The zero-order chi connectivity index (χ0) is 20.7. The van der Waals surface area contributed by atoms with E-state index < -0.39 is 66.7 Å². The van der Waals surface area contributed by atoms with Crippen LogP contribution in [0.2, 0.25) is 0 Å². The van der Waals surface area contributed by atoms with Gasteiger partial charge >= 0.3 is 23.9 Å². The van der Waals surface area contributed by atoms with Crippen LogP contribution in [0.4, 0.5) is 0 Å². The van der Waals surface area contributed by atoms with Crippen LogP contribution in [0.15, 0.2) is 0 Å². The first kappa shape index (κ1) is 22.4. The minimum Gasteiger partial charge on any atom is -0.481 e. The zero-order valence-electron chi connectivity index (χ0n) is 15.4. The van der Waals surface area contributed by atoms with Crippen molar-refractivity contribution in [1.29, 1.82) is 0 Å². The molecule has 1 amide bonds.